The number of nitrogen functional groups attached to an aromatic ring is 1. The summed E-state index contributed by atoms with van der Waals surface area (Å²) in [6.07, 6.45) is 1.18. The molecule has 8 heteroatoms. The van der Waals surface area contributed by atoms with Crippen LogP contribution in [0.3, 0.4) is 0 Å². The Morgan fingerprint density at radius 3 is 2.86 bits per heavy atom. The number of urea groups is 1. The highest BCUT2D eigenvalue weighted by molar-refractivity contribution is 6.11. The number of carbonyl (C=O) groups is 3. The third-order valence-electron chi connectivity index (χ3n) is 5.26. The molecule has 4 N–H and O–H groups in total. The summed E-state index contributed by atoms with van der Waals surface area (Å²) in [5.41, 5.74) is 7.34. The van der Waals surface area contributed by atoms with Crippen LogP contribution < -0.4 is 21.1 Å². The average Bonchev–Trinajstić information content (AvgIpc) is 3.17. The number of imide groups is 1. The smallest absolute Gasteiger partial charge is 0.325 e. The van der Waals surface area contributed by atoms with Crippen LogP contribution in [0.5, 0.6) is 5.75 Å². The van der Waals surface area contributed by atoms with E-state index >= 15 is 0 Å². The Kier molecular flexibility index (Phi) is 4.18. The van der Waals surface area contributed by atoms with Crippen LogP contribution in [-0.4, -0.2) is 36.4 Å². The van der Waals surface area contributed by atoms with Crippen LogP contribution >= 0.6 is 0 Å². The molecule has 1 heterocycles. The lowest BCUT2D eigenvalue weighted by Crippen LogP contribution is -2.43. The van der Waals surface area contributed by atoms with Crippen LogP contribution in [0.15, 0.2) is 42.5 Å². The molecule has 2 aromatic carbocycles. The van der Waals surface area contributed by atoms with Gasteiger partial charge in [-0.15, -0.1) is 0 Å². The van der Waals surface area contributed by atoms with Crippen molar-refractivity contribution in [3.63, 3.8) is 0 Å². The first-order chi connectivity index (χ1) is 13.4. The molecule has 0 aromatic heterocycles. The Labute approximate surface area is 161 Å². The summed E-state index contributed by atoms with van der Waals surface area (Å²) in [5.74, 6) is -0.399. The van der Waals surface area contributed by atoms with E-state index in [1.54, 1.807) is 18.2 Å². The van der Waals surface area contributed by atoms with Crippen LogP contribution in [0.1, 0.15) is 17.5 Å². The first-order valence-corrected chi connectivity index (χ1v) is 8.90. The highest BCUT2D eigenvalue weighted by atomic mass is 16.5. The van der Waals surface area contributed by atoms with Gasteiger partial charge in [-0.25, -0.2) is 4.79 Å². The van der Waals surface area contributed by atoms with Crippen LogP contribution in [0, 0.1) is 0 Å². The highest BCUT2D eigenvalue weighted by Gasteiger charge is 2.55. The van der Waals surface area contributed by atoms with E-state index in [9.17, 15) is 14.4 Å². The van der Waals surface area contributed by atoms with Crippen LogP contribution in [0.4, 0.5) is 16.2 Å². The van der Waals surface area contributed by atoms with Crippen molar-refractivity contribution < 1.29 is 19.1 Å². The predicted octanol–water partition coefficient (Wildman–Crippen LogP) is 1.61. The van der Waals surface area contributed by atoms with Crippen molar-refractivity contribution in [3.8, 4) is 5.75 Å². The molecule has 0 radical (unpaired) electrons. The minimum absolute atomic E-state index is 0.354. The minimum atomic E-state index is -1.08. The Morgan fingerprint density at radius 2 is 2.07 bits per heavy atom. The summed E-state index contributed by atoms with van der Waals surface area (Å²) in [7, 11) is 1.50. The Morgan fingerprint density at radius 1 is 1.29 bits per heavy atom. The first-order valence-electron chi connectivity index (χ1n) is 8.90. The largest absolute Gasteiger partial charge is 0.497 e. The number of nitrogens with one attached hydrogen (secondary N) is 2. The molecule has 1 unspecified atom stereocenters. The number of carbonyl (C=O) groups excluding carboxylic acids is 3. The van der Waals surface area contributed by atoms with Crippen LogP contribution in [0.2, 0.25) is 0 Å². The first kappa shape index (κ1) is 17.8. The molecule has 144 valence electrons. The monoisotopic (exact) mass is 380 g/mol. The van der Waals surface area contributed by atoms with Crippen molar-refractivity contribution in [3.05, 3.63) is 53.6 Å². The molecule has 28 heavy (non-hydrogen) atoms. The van der Waals surface area contributed by atoms with Gasteiger partial charge in [0.05, 0.1) is 18.5 Å². The van der Waals surface area contributed by atoms with Gasteiger partial charge in [-0.2, -0.15) is 0 Å². The van der Waals surface area contributed by atoms with Crippen molar-refractivity contribution in [2.45, 2.75) is 18.4 Å². The summed E-state index contributed by atoms with van der Waals surface area (Å²) in [4.78, 5) is 39.0. The summed E-state index contributed by atoms with van der Waals surface area (Å²) in [6, 6.07) is 11.8. The van der Waals surface area contributed by atoms with Crippen molar-refractivity contribution in [1.82, 2.24) is 10.2 Å². The predicted molar refractivity (Wildman–Crippen MR) is 103 cm³/mol. The molecule has 1 aliphatic carbocycles. The molecule has 0 bridgehead atoms. The average molecular weight is 380 g/mol. The van der Waals surface area contributed by atoms with E-state index in [-0.39, 0.29) is 0 Å². The van der Waals surface area contributed by atoms with Crippen molar-refractivity contribution >= 4 is 29.2 Å². The number of hydrogen-bond donors (Lipinski definition) is 3. The molecule has 2 aromatic rings. The fourth-order valence-corrected chi connectivity index (χ4v) is 3.84. The van der Waals surface area contributed by atoms with Gasteiger partial charge in [-0.05, 0) is 36.1 Å². The minimum Gasteiger partial charge on any atom is -0.497 e. The van der Waals surface area contributed by atoms with Gasteiger partial charge in [0.25, 0.3) is 5.91 Å². The Bertz CT molecular complexity index is 990. The lowest BCUT2D eigenvalue weighted by Gasteiger charge is -2.22. The van der Waals surface area contributed by atoms with E-state index in [1.165, 1.54) is 7.11 Å². The van der Waals surface area contributed by atoms with Gasteiger partial charge in [-0.3, -0.25) is 14.5 Å². The normalized spacial score (nSPS) is 20.2. The van der Waals surface area contributed by atoms with Gasteiger partial charge in [0.2, 0.25) is 5.91 Å². The zero-order valence-electron chi connectivity index (χ0n) is 15.3. The van der Waals surface area contributed by atoms with E-state index < -0.39 is 29.9 Å². The zero-order chi connectivity index (χ0) is 19.9. The van der Waals surface area contributed by atoms with Crippen molar-refractivity contribution in [2.75, 3.05) is 24.7 Å². The number of benzene rings is 2. The maximum Gasteiger partial charge on any atom is 0.325 e. The zero-order valence-corrected chi connectivity index (χ0v) is 15.3. The number of hydrogen-bond acceptors (Lipinski definition) is 5. The molecule has 1 atom stereocenters. The van der Waals surface area contributed by atoms with Gasteiger partial charge < -0.3 is 21.1 Å². The van der Waals surface area contributed by atoms with Gasteiger partial charge in [-0.1, -0.05) is 24.3 Å². The van der Waals surface area contributed by atoms with Crippen molar-refractivity contribution in [2.24, 2.45) is 0 Å². The fraction of sp³-hybridized carbons (Fsp3) is 0.250. The highest BCUT2D eigenvalue weighted by Crippen LogP contribution is 2.41. The van der Waals surface area contributed by atoms with Gasteiger partial charge in [0.15, 0.2) is 0 Å². The fourth-order valence-electron chi connectivity index (χ4n) is 3.84. The third kappa shape index (κ3) is 2.74. The number of fused-ring (bicyclic) bond motifs is 2. The van der Waals surface area contributed by atoms with E-state index in [2.05, 4.69) is 10.6 Å². The molecule has 4 rings (SSSR count). The topological polar surface area (TPSA) is 114 Å². The second kappa shape index (κ2) is 6.56. The number of anilines is 2. The van der Waals surface area contributed by atoms with Gasteiger partial charge >= 0.3 is 6.03 Å². The summed E-state index contributed by atoms with van der Waals surface area (Å²) >= 11 is 0. The van der Waals surface area contributed by atoms with Crippen molar-refractivity contribution in [1.29, 1.82) is 0 Å². The maximum absolute atomic E-state index is 13.1. The van der Waals surface area contributed by atoms with Crippen LogP contribution in [-0.2, 0) is 21.5 Å². The number of methoxy groups -OCH3 is 1. The number of amides is 4. The van der Waals surface area contributed by atoms with E-state index in [0.29, 0.717) is 30.0 Å². The molecule has 2 aliphatic rings. The number of rotatable bonds is 4. The van der Waals surface area contributed by atoms with E-state index in [0.717, 1.165) is 16.0 Å². The summed E-state index contributed by atoms with van der Waals surface area (Å²) in [5, 5.41) is 5.43. The van der Waals surface area contributed by atoms with Gasteiger partial charge in [0.1, 0.15) is 17.8 Å². The molecular formula is C20H20N4O4. The Hall–Kier alpha value is -3.55. The summed E-state index contributed by atoms with van der Waals surface area (Å²) in [6.45, 7) is -0.398. The Balaban J connectivity index is 1.52. The standard InChI is InChI=1S/C20H20N4O4/c1-28-13-6-7-15(21)16(10-13)22-17(25)11-24-18(26)20(23-19(24)27)9-8-12-4-2-3-5-14(12)20/h2-7,10H,8-9,11,21H2,1H3,(H,22,25)(H,23,27). The SMILES string of the molecule is COc1ccc(N)c(NC(=O)CN2C(=O)NC3(CCc4ccccc43)C2=O)c1. The molecule has 8 nitrogen and oxygen atoms in total. The summed E-state index contributed by atoms with van der Waals surface area (Å²) < 4.78 is 5.12. The second-order valence-corrected chi connectivity index (χ2v) is 6.89. The quantitative estimate of drug-likeness (QED) is 0.551. The van der Waals surface area contributed by atoms with E-state index in [1.807, 2.05) is 24.3 Å². The number of nitrogens with two attached hydrogens (primary N) is 1. The lowest BCUT2D eigenvalue weighted by atomic mass is 9.92. The molecule has 4 amide bonds. The molecule has 1 fully saturated rings. The number of nitrogens with zero attached hydrogens (tertiary/aromatic N) is 1. The maximum atomic E-state index is 13.1. The van der Waals surface area contributed by atoms with Crippen LogP contribution in [0.25, 0.3) is 0 Å². The third-order valence-corrected chi connectivity index (χ3v) is 5.26. The molecule has 0 saturated carbocycles. The molecule has 1 spiro atoms. The molecular weight excluding hydrogens is 360 g/mol. The number of aryl methyl sites for hydroxylation is 1. The molecule has 1 saturated heterocycles. The second-order valence-electron chi connectivity index (χ2n) is 6.89. The molecule has 1 aliphatic heterocycles. The lowest BCUT2D eigenvalue weighted by molar-refractivity contribution is -0.134. The van der Waals surface area contributed by atoms with Gasteiger partial charge in [0, 0.05) is 6.07 Å². The van der Waals surface area contributed by atoms with E-state index in [4.69, 9.17) is 10.5 Å². The number of ether oxygens (including phenoxy) is 1.